The van der Waals surface area contributed by atoms with Crippen LogP contribution in [0.2, 0.25) is 0 Å². The molecule has 2 fully saturated rings. The maximum atomic E-state index is 13.1. The number of nitrogens with one attached hydrogen (secondary N) is 1. The second-order valence-electron chi connectivity index (χ2n) is 8.75. The van der Waals surface area contributed by atoms with Crippen molar-refractivity contribution in [2.24, 2.45) is 5.92 Å². The van der Waals surface area contributed by atoms with E-state index in [4.69, 9.17) is 14.2 Å². The average molecular weight is 402 g/mol. The zero-order chi connectivity index (χ0) is 20.3. The Labute approximate surface area is 172 Å². The lowest BCUT2D eigenvalue weighted by Gasteiger charge is -2.29. The van der Waals surface area contributed by atoms with Gasteiger partial charge in [0.2, 0.25) is 0 Å². The van der Waals surface area contributed by atoms with Gasteiger partial charge < -0.3 is 19.5 Å². The normalized spacial score (nSPS) is 25.3. The molecule has 2 saturated carbocycles. The summed E-state index contributed by atoms with van der Waals surface area (Å²) in [6.07, 6.45) is 7.67. The SMILES string of the molecule is CC1CCC(NC(=O)COC(=O)C2(c3ccc4c(c3)OCCO4)CCCC2)CC1. The molecule has 0 atom stereocenters. The number of esters is 1. The highest BCUT2D eigenvalue weighted by Crippen LogP contribution is 2.45. The van der Waals surface area contributed by atoms with Crippen molar-refractivity contribution in [2.75, 3.05) is 19.8 Å². The van der Waals surface area contributed by atoms with Crippen LogP contribution in [0.3, 0.4) is 0 Å². The summed E-state index contributed by atoms with van der Waals surface area (Å²) in [6, 6.07) is 5.91. The van der Waals surface area contributed by atoms with Gasteiger partial charge in [-0.1, -0.05) is 25.8 Å². The summed E-state index contributed by atoms with van der Waals surface area (Å²) in [5, 5.41) is 3.03. The van der Waals surface area contributed by atoms with Gasteiger partial charge in [-0.25, -0.2) is 0 Å². The van der Waals surface area contributed by atoms with Gasteiger partial charge >= 0.3 is 5.97 Å². The highest BCUT2D eigenvalue weighted by Gasteiger charge is 2.45. The molecule has 6 heteroatoms. The number of hydrogen-bond donors (Lipinski definition) is 1. The minimum absolute atomic E-state index is 0.201. The number of carbonyl (C=O) groups excluding carboxylic acids is 2. The lowest BCUT2D eigenvalue weighted by Crippen LogP contribution is -2.41. The van der Waals surface area contributed by atoms with Gasteiger partial charge in [-0.3, -0.25) is 9.59 Å². The fourth-order valence-electron chi connectivity index (χ4n) is 4.87. The fraction of sp³-hybridized carbons (Fsp3) is 0.652. The number of carbonyl (C=O) groups is 2. The molecule has 1 N–H and O–H groups in total. The van der Waals surface area contributed by atoms with E-state index >= 15 is 0 Å². The molecule has 0 spiro atoms. The van der Waals surface area contributed by atoms with E-state index in [0.717, 1.165) is 62.8 Å². The van der Waals surface area contributed by atoms with Crippen LogP contribution >= 0.6 is 0 Å². The van der Waals surface area contributed by atoms with E-state index in [2.05, 4.69) is 12.2 Å². The summed E-state index contributed by atoms with van der Waals surface area (Å²) in [6.45, 7) is 3.08. The monoisotopic (exact) mass is 401 g/mol. The van der Waals surface area contributed by atoms with Crippen LogP contribution in [0.4, 0.5) is 0 Å². The lowest BCUT2D eigenvalue weighted by molar-refractivity contribution is -0.154. The predicted octanol–water partition coefficient (Wildman–Crippen LogP) is 3.51. The number of ether oxygens (including phenoxy) is 3. The van der Waals surface area contributed by atoms with E-state index < -0.39 is 5.41 Å². The van der Waals surface area contributed by atoms with E-state index in [1.807, 2.05) is 18.2 Å². The molecule has 0 saturated heterocycles. The van der Waals surface area contributed by atoms with Crippen LogP contribution in [-0.2, 0) is 19.7 Å². The summed E-state index contributed by atoms with van der Waals surface area (Å²) in [5.74, 6) is 1.61. The van der Waals surface area contributed by atoms with Crippen molar-refractivity contribution in [1.29, 1.82) is 0 Å². The zero-order valence-corrected chi connectivity index (χ0v) is 17.2. The first-order chi connectivity index (χ1) is 14.1. The van der Waals surface area contributed by atoms with Crippen molar-refractivity contribution in [1.82, 2.24) is 5.32 Å². The summed E-state index contributed by atoms with van der Waals surface area (Å²) in [4.78, 5) is 25.4. The van der Waals surface area contributed by atoms with Gasteiger partial charge in [-0.05, 0) is 62.1 Å². The van der Waals surface area contributed by atoms with Crippen molar-refractivity contribution in [3.05, 3.63) is 23.8 Å². The van der Waals surface area contributed by atoms with Gasteiger partial charge in [0.1, 0.15) is 13.2 Å². The van der Waals surface area contributed by atoms with E-state index in [9.17, 15) is 9.59 Å². The molecule has 158 valence electrons. The molecule has 0 bridgehead atoms. The molecular formula is C23H31NO5. The Morgan fingerprint density at radius 1 is 1.07 bits per heavy atom. The van der Waals surface area contributed by atoms with E-state index in [1.54, 1.807) is 0 Å². The molecule has 1 aliphatic heterocycles. The molecule has 3 aliphatic rings. The van der Waals surface area contributed by atoms with Crippen LogP contribution < -0.4 is 14.8 Å². The molecule has 6 nitrogen and oxygen atoms in total. The van der Waals surface area contributed by atoms with Crippen LogP contribution in [0.15, 0.2) is 18.2 Å². The summed E-state index contributed by atoms with van der Waals surface area (Å²) >= 11 is 0. The second-order valence-corrected chi connectivity index (χ2v) is 8.75. The molecule has 1 aromatic rings. The third-order valence-corrected chi connectivity index (χ3v) is 6.66. The molecule has 0 aromatic heterocycles. The predicted molar refractivity (Wildman–Crippen MR) is 108 cm³/mol. The zero-order valence-electron chi connectivity index (χ0n) is 17.2. The topological polar surface area (TPSA) is 73.9 Å². The van der Waals surface area contributed by atoms with Crippen LogP contribution in [0.25, 0.3) is 0 Å². The van der Waals surface area contributed by atoms with Crippen LogP contribution in [0.1, 0.15) is 63.9 Å². The molecule has 4 rings (SSSR count). The van der Waals surface area contributed by atoms with E-state index in [0.29, 0.717) is 24.7 Å². The third kappa shape index (κ3) is 4.36. The number of fused-ring (bicyclic) bond motifs is 1. The van der Waals surface area contributed by atoms with Crippen LogP contribution in [-0.4, -0.2) is 37.7 Å². The smallest absolute Gasteiger partial charge is 0.317 e. The largest absolute Gasteiger partial charge is 0.486 e. The maximum Gasteiger partial charge on any atom is 0.317 e. The van der Waals surface area contributed by atoms with Crippen LogP contribution in [0, 0.1) is 5.92 Å². The molecular weight excluding hydrogens is 370 g/mol. The standard InChI is InChI=1S/C23H31NO5/c1-16-4-7-18(8-5-16)24-21(25)15-29-22(26)23(10-2-3-11-23)17-6-9-19-20(14-17)28-13-12-27-19/h6,9,14,16,18H,2-5,7-8,10-13,15H2,1H3,(H,24,25). The Morgan fingerprint density at radius 2 is 1.76 bits per heavy atom. The average Bonchev–Trinajstić information content (AvgIpc) is 3.24. The molecule has 0 radical (unpaired) electrons. The van der Waals surface area contributed by atoms with Gasteiger partial charge in [-0.2, -0.15) is 0 Å². The van der Waals surface area contributed by atoms with Gasteiger partial charge in [0, 0.05) is 6.04 Å². The van der Waals surface area contributed by atoms with Crippen molar-refractivity contribution in [3.8, 4) is 11.5 Å². The fourth-order valence-corrected chi connectivity index (χ4v) is 4.87. The Kier molecular flexibility index (Phi) is 5.97. The molecule has 1 heterocycles. The Bertz CT molecular complexity index is 748. The first kappa shape index (κ1) is 20.0. The van der Waals surface area contributed by atoms with E-state index in [1.165, 1.54) is 0 Å². The van der Waals surface area contributed by atoms with Gasteiger partial charge in [0.15, 0.2) is 18.1 Å². The van der Waals surface area contributed by atoms with E-state index in [-0.39, 0.29) is 24.5 Å². The number of rotatable bonds is 5. The lowest BCUT2D eigenvalue weighted by atomic mass is 9.78. The first-order valence-electron chi connectivity index (χ1n) is 10.9. The van der Waals surface area contributed by atoms with Crippen molar-refractivity contribution in [3.63, 3.8) is 0 Å². The molecule has 1 amide bonds. The van der Waals surface area contributed by atoms with Crippen molar-refractivity contribution >= 4 is 11.9 Å². The summed E-state index contributed by atoms with van der Waals surface area (Å²) in [5.41, 5.74) is 0.196. The van der Waals surface area contributed by atoms with Gasteiger partial charge in [-0.15, -0.1) is 0 Å². The molecule has 0 unspecified atom stereocenters. The Balaban J connectivity index is 1.39. The quantitative estimate of drug-likeness (QED) is 0.765. The number of amides is 1. The Hall–Kier alpha value is -2.24. The minimum atomic E-state index is -0.698. The first-order valence-corrected chi connectivity index (χ1v) is 10.9. The molecule has 2 aliphatic carbocycles. The number of benzene rings is 1. The second kappa shape index (κ2) is 8.64. The highest BCUT2D eigenvalue weighted by atomic mass is 16.6. The minimum Gasteiger partial charge on any atom is -0.486 e. The third-order valence-electron chi connectivity index (χ3n) is 6.66. The molecule has 1 aromatic carbocycles. The summed E-state index contributed by atoms with van der Waals surface area (Å²) < 4.78 is 16.8. The number of hydrogen-bond acceptors (Lipinski definition) is 5. The summed E-state index contributed by atoms with van der Waals surface area (Å²) in [7, 11) is 0. The van der Waals surface area contributed by atoms with Crippen molar-refractivity contribution < 1.29 is 23.8 Å². The maximum absolute atomic E-state index is 13.1. The van der Waals surface area contributed by atoms with Crippen LogP contribution in [0.5, 0.6) is 11.5 Å². The molecule has 29 heavy (non-hydrogen) atoms. The van der Waals surface area contributed by atoms with Crippen molar-refractivity contribution in [2.45, 2.75) is 69.7 Å². The van der Waals surface area contributed by atoms with Gasteiger partial charge in [0.25, 0.3) is 5.91 Å². The Morgan fingerprint density at radius 3 is 2.48 bits per heavy atom. The van der Waals surface area contributed by atoms with Gasteiger partial charge in [0.05, 0.1) is 5.41 Å². The highest BCUT2D eigenvalue weighted by molar-refractivity contribution is 5.87.